The van der Waals surface area contributed by atoms with Gasteiger partial charge in [0.2, 0.25) is 0 Å². The predicted octanol–water partition coefficient (Wildman–Crippen LogP) is 3.68. The fraction of sp³-hybridized carbons (Fsp3) is 0.350. The third-order valence-electron chi connectivity index (χ3n) is 4.00. The van der Waals surface area contributed by atoms with Crippen molar-refractivity contribution in [1.29, 1.82) is 0 Å². The van der Waals surface area contributed by atoms with E-state index in [1.807, 2.05) is 63.5 Å². The molecule has 0 aromatic heterocycles. The number of para-hydroxylation sites is 1. The second-order valence-corrected chi connectivity index (χ2v) is 6.42. The van der Waals surface area contributed by atoms with Crippen LogP contribution >= 0.6 is 12.2 Å². The van der Waals surface area contributed by atoms with Gasteiger partial charge in [0.15, 0.2) is 5.11 Å². The molecule has 1 atom stereocenters. The SMILES string of the molecule is CCOc1ccc(NC(=S)NCC(c2ccccc2OC)N(C)C)cc1. The number of anilines is 1. The zero-order valence-electron chi connectivity index (χ0n) is 15.8. The van der Waals surface area contributed by atoms with Gasteiger partial charge in [0.05, 0.1) is 19.8 Å². The summed E-state index contributed by atoms with van der Waals surface area (Å²) in [5.41, 5.74) is 2.04. The summed E-state index contributed by atoms with van der Waals surface area (Å²) in [6.07, 6.45) is 0. The number of methoxy groups -OCH3 is 1. The van der Waals surface area contributed by atoms with Gasteiger partial charge in [-0.25, -0.2) is 0 Å². The molecule has 0 aliphatic rings. The topological polar surface area (TPSA) is 45.8 Å². The van der Waals surface area contributed by atoms with Gasteiger partial charge in [-0.15, -0.1) is 0 Å². The van der Waals surface area contributed by atoms with Crippen molar-refractivity contribution in [2.45, 2.75) is 13.0 Å². The van der Waals surface area contributed by atoms with Crippen LogP contribution in [0.15, 0.2) is 48.5 Å². The Morgan fingerprint density at radius 2 is 1.81 bits per heavy atom. The zero-order chi connectivity index (χ0) is 18.9. The van der Waals surface area contributed by atoms with Crippen LogP contribution in [0.4, 0.5) is 5.69 Å². The van der Waals surface area contributed by atoms with E-state index in [1.54, 1.807) is 7.11 Å². The van der Waals surface area contributed by atoms with Crippen LogP contribution in [-0.4, -0.2) is 44.4 Å². The van der Waals surface area contributed by atoms with Crippen LogP contribution in [0.2, 0.25) is 0 Å². The highest BCUT2D eigenvalue weighted by Gasteiger charge is 2.18. The Morgan fingerprint density at radius 3 is 2.42 bits per heavy atom. The number of benzene rings is 2. The van der Waals surface area contributed by atoms with E-state index >= 15 is 0 Å². The number of thiocarbonyl (C=S) groups is 1. The van der Waals surface area contributed by atoms with Crippen molar-refractivity contribution in [1.82, 2.24) is 10.2 Å². The maximum atomic E-state index is 5.50. The summed E-state index contributed by atoms with van der Waals surface area (Å²) in [7, 11) is 5.78. The summed E-state index contributed by atoms with van der Waals surface area (Å²) >= 11 is 5.43. The van der Waals surface area contributed by atoms with Crippen LogP contribution in [0.1, 0.15) is 18.5 Å². The molecule has 26 heavy (non-hydrogen) atoms. The van der Waals surface area contributed by atoms with E-state index in [4.69, 9.17) is 21.7 Å². The molecule has 2 aromatic carbocycles. The van der Waals surface area contributed by atoms with E-state index < -0.39 is 0 Å². The lowest BCUT2D eigenvalue weighted by Gasteiger charge is -2.27. The van der Waals surface area contributed by atoms with Gasteiger partial charge in [-0.3, -0.25) is 0 Å². The van der Waals surface area contributed by atoms with Gasteiger partial charge in [-0.05, 0) is 63.6 Å². The molecular formula is C20H27N3O2S. The average molecular weight is 374 g/mol. The lowest BCUT2D eigenvalue weighted by atomic mass is 10.0. The Bertz CT molecular complexity index is 704. The molecule has 2 rings (SSSR count). The molecule has 5 nitrogen and oxygen atoms in total. The molecule has 0 saturated heterocycles. The number of ether oxygens (including phenoxy) is 2. The largest absolute Gasteiger partial charge is 0.496 e. The summed E-state index contributed by atoms with van der Waals surface area (Å²) in [6.45, 7) is 3.28. The van der Waals surface area contributed by atoms with Crippen LogP contribution in [0.5, 0.6) is 11.5 Å². The molecule has 0 aliphatic carbocycles. The van der Waals surface area contributed by atoms with Crippen molar-refractivity contribution in [2.24, 2.45) is 0 Å². The lowest BCUT2D eigenvalue weighted by molar-refractivity contribution is 0.288. The van der Waals surface area contributed by atoms with Crippen LogP contribution in [0, 0.1) is 0 Å². The Kier molecular flexibility index (Phi) is 7.69. The molecule has 0 spiro atoms. The van der Waals surface area contributed by atoms with E-state index in [-0.39, 0.29) is 6.04 Å². The van der Waals surface area contributed by atoms with Gasteiger partial charge in [-0.2, -0.15) is 0 Å². The second-order valence-electron chi connectivity index (χ2n) is 6.01. The van der Waals surface area contributed by atoms with Gasteiger partial charge < -0.3 is 25.0 Å². The minimum absolute atomic E-state index is 0.131. The summed E-state index contributed by atoms with van der Waals surface area (Å²) in [4.78, 5) is 2.14. The standard InChI is InChI=1S/C20H27N3O2S/c1-5-25-16-12-10-15(11-13-16)22-20(26)21-14-18(23(2)3)17-8-6-7-9-19(17)24-4/h6-13,18H,5,14H2,1-4H3,(H2,21,22,26). The highest BCUT2D eigenvalue weighted by atomic mass is 32.1. The molecule has 2 N–H and O–H groups in total. The Labute approximate surface area is 161 Å². The van der Waals surface area contributed by atoms with E-state index in [0.717, 1.165) is 22.7 Å². The fourth-order valence-electron chi connectivity index (χ4n) is 2.68. The van der Waals surface area contributed by atoms with Crippen molar-refractivity contribution in [3.63, 3.8) is 0 Å². The molecule has 0 bridgehead atoms. The first-order chi connectivity index (χ1) is 12.5. The number of rotatable bonds is 8. The van der Waals surface area contributed by atoms with Crippen LogP contribution in [0.3, 0.4) is 0 Å². The molecule has 0 heterocycles. The van der Waals surface area contributed by atoms with Crippen molar-refractivity contribution in [2.75, 3.05) is 39.7 Å². The first kappa shape index (κ1) is 20.0. The van der Waals surface area contributed by atoms with Crippen LogP contribution < -0.4 is 20.1 Å². The number of nitrogens with zero attached hydrogens (tertiary/aromatic N) is 1. The maximum Gasteiger partial charge on any atom is 0.170 e. The minimum atomic E-state index is 0.131. The van der Waals surface area contributed by atoms with Gasteiger partial charge in [-0.1, -0.05) is 18.2 Å². The first-order valence-electron chi connectivity index (χ1n) is 8.62. The van der Waals surface area contributed by atoms with Crippen molar-refractivity contribution in [3.8, 4) is 11.5 Å². The van der Waals surface area contributed by atoms with E-state index in [1.165, 1.54) is 0 Å². The third-order valence-corrected chi connectivity index (χ3v) is 4.25. The number of likely N-dealkylation sites (N-methyl/N-ethyl adjacent to an activating group) is 1. The first-order valence-corrected chi connectivity index (χ1v) is 9.03. The van der Waals surface area contributed by atoms with Crippen molar-refractivity contribution >= 4 is 23.0 Å². The zero-order valence-corrected chi connectivity index (χ0v) is 16.6. The molecular weight excluding hydrogens is 346 g/mol. The molecule has 0 saturated carbocycles. The molecule has 0 amide bonds. The number of hydrogen-bond donors (Lipinski definition) is 2. The van der Waals surface area contributed by atoms with E-state index in [9.17, 15) is 0 Å². The quantitative estimate of drug-likeness (QED) is 0.688. The molecule has 0 aliphatic heterocycles. The van der Waals surface area contributed by atoms with E-state index in [2.05, 4.69) is 21.6 Å². The highest BCUT2D eigenvalue weighted by molar-refractivity contribution is 7.80. The van der Waals surface area contributed by atoms with Crippen molar-refractivity contribution < 1.29 is 9.47 Å². The van der Waals surface area contributed by atoms with Crippen molar-refractivity contribution in [3.05, 3.63) is 54.1 Å². The summed E-state index contributed by atoms with van der Waals surface area (Å²) in [6, 6.07) is 15.9. The van der Waals surface area contributed by atoms with Crippen LogP contribution in [0.25, 0.3) is 0 Å². The molecule has 0 radical (unpaired) electrons. The van der Waals surface area contributed by atoms with Gasteiger partial charge in [0, 0.05) is 17.8 Å². The average Bonchev–Trinajstić information content (AvgIpc) is 2.64. The molecule has 2 aromatic rings. The number of nitrogens with one attached hydrogen (secondary N) is 2. The molecule has 6 heteroatoms. The minimum Gasteiger partial charge on any atom is -0.496 e. The summed E-state index contributed by atoms with van der Waals surface area (Å²) in [5.74, 6) is 1.72. The van der Waals surface area contributed by atoms with Gasteiger partial charge >= 0.3 is 0 Å². The van der Waals surface area contributed by atoms with Crippen LogP contribution in [-0.2, 0) is 0 Å². The summed E-state index contributed by atoms with van der Waals surface area (Å²) < 4.78 is 10.9. The predicted molar refractivity (Wildman–Crippen MR) is 111 cm³/mol. The van der Waals surface area contributed by atoms with E-state index in [0.29, 0.717) is 18.3 Å². The highest BCUT2D eigenvalue weighted by Crippen LogP contribution is 2.27. The fourth-order valence-corrected chi connectivity index (χ4v) is 2.88. The number of hydrogen-bond acceptors (Lipinski definition) is 4. The smallest absolute Gasteiger partial charge is 0.170 e. The third kappa shape index (κ3) is 5.61. The monoisotopic (exact) mass is 373 g/mol. The normalized spacial score (nSPS) is 11.7. The Balaban J connectivity index is 1.97. The summed E-state index contributed by atoms with van der Waals surface area (Å²) in [5, 5.41) is 7.07. The molecule has 140 valence electrons. The Hall–Kier alpha value is -2.31. The second kappa shape index (κ2) is 9.99. The maximum absolute atomic E-state index is 5.50. The Morgan fingerprint density at radius 1 is 1.12 bits per heavy atom. The lowest BCUT2D eigenvalue weighted by Crippen LogP contribution is -2.36. The van der Waals surface area contributed by atoms with Gasteiger partial charge in [0.25, 0.3) is 0 Å². The van der Waals surface area contributed by atoms with Gasteiger partial charge in [0.1, 0.15) is 11.5 Å². The molecule has 0 fully saturated rings. The molecule has 1 unspecified atom stereocenters.